The molecule has 0 spiro atoms. The summed E-state index contributed by atoms with van der Waals surface area (Å²) < 4.78 is 5.47. The van der Waals surface area contributed by atoms with Gasteiger partial charge in [0.1, 0.15) is 5.75 Å². The Bertz CT molecular complexity index is 306. The second-order valence-electron chi connectivity index (χ2n) is 3.04. The minimum absolute atomic E-state index is 0.278. The number of halogens is 1. The molecule has 76 valence electrons. The molecule has 0 amide bonds. The number of ether oxygens (including phenoxy) is 1. The maximum absolute atomic E-state index is 10.7. The van der Waals surface area contributed by atoms with E-state index >= 15 is 0 Å². The highest BCUT2D eigenvalue weighted by atomic mass is 127. The van der Waals surface area contributed by atoms with E-state index in [1.807, 2.05) is 24.3 Å². The highest BCUT2D eigenvalue weighted by Crippen LogP contribution is 2.27. The van der Waals surface area contributed by atoms with Crippen LogP contribution in [0.3, 0.4) is 0 Å². The average molecular weight is 304 g/mol. The van der Waals surface area contributed by atoms with E-state index in [-0.39, 0.29) is 5.97 Å². The molecule has 1 aromatic rings. The van der Waals surface area contributed by atoms with Gasteiger partial charge in [-0.1, -0.05) is 41.6 Å². The van der Waals surface area contributed by atoms with E-state index in [1.54, 1.807) is 0 Å². The fourth-order valence-electron chi connectivity index (χ4n) is 1.15. The lowest BCUT2D eigenvalue weighted by Gasteiger charge is -2.07. The van der Waals surface area contributed by atoms with Crippen molar-refractivity contribution in [3.63, 3.8) is 0 Å². The first-order valence-electron chi connectivity index (χ1n) is 4.56. The predicted octanol–water partition coefficient (Wildman–Crippen LogP) is 3.50. The van der Waals surface area contributed by atoms with Crippen molar-refractivity contribution in [1.82, 2.24) is 0 Å². The van der Waals surface area contributed by atoms with Gasteiger partial charge in [-0.25, -0.2) is 0 Å². The van der Waals surface area contributed by atoms with Gasteiger partial charge in [-0.05, 0) is 24.1 Å². The van der Waals surface area contributed by atoms with Gasteiger partial charge in [-0.2, -0.15) is 0 Å². The summed E-state index contributed by atoms with van der Waals surface area (Å²) in [5.74, 6) is 0.334. The van der Waals surface area contributed by atoms with Crippen LogP contribution in [-0.2, 0) is 4.79 Å². The first kappa shape index (κ1) is 11.5. The Morgan fingerprint density at radius 2 is 2.00 bits per heavy atom. The summed E-state index contributed by atoms with van der Waals surface area (Å²) in [6.07, 6.45) is 1.10. The molecule has 1 atom stereocenters. The third-order valence-corrected chi connectivity index (χ3v) is 3.46. The summed E-state index contributed by atoms with van der Waals surface area (Å²) >= 11 is 2.40. The minimum Gasteiger partial charge on any atom is -0.427 e. The minimum atomic E-state index is -0.278. The van der Waals surface area contributed by atoms with Crippen LogP contribution in [-0.4, -0.2) is 5.97 Å². The maximum atomic E-state index is 10.7. The molecule has 1 rings (SSSR count). The van der Waals surface area contributed by atoms with Crippen molar-refractivity contribution in [2.24, 2.45) is 0 Å². The van der Waals surface area contributed by atoms with Gasteiger partial charge < -0.3 is 4.74 Å². The van der Waals surface area contributed by atoms with Gasteiger partial charge in [0.05, 0.1) is 0 Å². The predicted molar refractivity (Wildman–Crippen MR) is 64.8 cm³/mol. The summed E-state index contributed by atoms with van der Waals surface area (Å²) in [4.78, 5) is 10.7. The van der Waals surface area contributed by atoms with E-state index in [9.17, 15) is 4.79 Å². The molecule has 0 heterocycles. The molecule has 0 aliphatic rings. The Morgan fingerprint density at radius 1 is 1.43 bits per heavy atom. The molecule has 0 aliphatic heterocycles. The van der Waals surface area contributed by atoms with Crippen LogP contribution >= 0.6 is 22.6 Å². The zero-order valence-electron chi connectivity index (χ0n) is 8.29. The molecule has 3 heteroatoms. The molecule has 0 N–H and O–H groups in total. The van der Waals surface area contributed by atoms with Crippen molar-refractivity contribution in [3.8, 4) is 5.75 Å². The Kier molecular flexibility index (Phi) is 4.38. The van der Waals surface area contributed by atoms with Crippen LogP contribution in [0.25, 0.3) is 0 Å². The van der Waals surface area contributed by atoms with Crippen molar-refractivity contribution >= 4 is 28.6 Å². The van der Waals surface area contributed by atoms with Gasteiger partial charge in [0.25, 0.3) is 0 Å². The van der Waals surface area contributed by atoms with Crippen LogP contribution in [0.4, 0.5) is 0 Å². The monoisotopic (exact) mass is 304 g/mol. The number of hydrogen-bond donors (Lipinski definition) is 0. The lowest BCUT2D eigenvalue weighted by atomic mass is 10.1. The first-order valence-corrected chi connectivity index (χ1v) is 5.80. The number of carbonyl (C=O) groups excluding carboxylic acids is 1. The van der Waals surface area contributed by atoms with Gasteiger partial charge >= 0.3 is 5.97 Å². The van der Waals surface area contributed by atoms with Gasteiger partial charge in [0.15, 0.2) is 0 Å². The zero-order valence-corrected chi connectivity index (χ0v) is 10.4. The average Bonchev–Trinajstić information content (AvgIpc) is 2.17. The van der Waals surface area contributed by atoms with E-state index in [0.717, 1.165) is 6.42 Å². The van der Waals surface area contributed by atoms with Crippen molar-refractivity contribution in [3.05, 3.63) is 29.8 Å². The van der Waals surface area contributed by atoms with Crippen LogP contribution in [0, 0.1) is 0 Å². The molecule has 0 saturated carbocycles. The highest BCUT2D eigenvalue weighted by molar-refractivity contribution is 14.1. The molecule has 0 bridgehead atoms. The Labute approximate surface area is 97.8 Å². The summed E-state index contributed by atoms with van der Waals surface area (Å²) in [6, 6.07) is 7.66. The molecular weight excluding hydrogens is 291 g/mol. The fourth-order valence-corrected chi connectivity index (χ4v) is 1.56. The number of carbonyl (C=O) groups is 1. The molecule has 1 unspecified atom stereocenters. The molecule has 0 aliphatic carbocycles. The maximum Gasteiger partial charge on any atom is 0.308 e. The lowest BCUT2D eigenvalue weighted by Crippen LogP contribution is -2.01. The SMILES string of the molecule is CCC(I)c1ccc(OC(C)=O)cc1. The topological polar surface area (TPSA) is 26.3 Å². The van der Waals surface area contributed by atoms with E-state index in [4.69, 9.17) is 4.74 Å². The fraction of sp³-hybridized carbons (Fsp3) is 0.364. The number of hydrogen-bond acceptors (Lipinski definition) is 2. The third-order valence-electron chi connectivity index (χ3n) is 1.86. The van der Waals surface area contributed by atoms with Crippen molar-refractivity contribution in [1.29, 1.82) is 0 Å². The van der Waals surface area contributed by atoms with Gasteiger partial charge in [-0.15, -0.1) is 0 Å². The van der Waals surface area contributed by atoms with Crippen LogP contribution in [0.2, 0.25) is 0 Å². The van der Waals surface area contributed by atoms with Gasteiger partial charge in [-0.3, -0.25) is 4.79 Å². The molecule has 0 saturated heterocycles. The number of rotatable bonds is 3. The number of benzene rings is 1. The molecule has 1 aromatic carbocycles. The molecule has 14 heavy (non-hydrogen) atoms. The molecule has 0 radical (unpaired) electrons. The molecule has 2 nitrogen and oxygen atoms in total. The van der Waals surface area contributed by atoms with Crippen LogP contribution in [0.15, 0.2) is 24.3 Å². The Balaban J connectivity index is 2.73. The molecule has 0 aromatic heterocycles. The van der Waals surface area contributed by atoms with Gasteiger partial charge in [0, 0.05) is 10.8 Å². The van der Waals surface area contributed by atoms with E-state index in [2.05, 4.69) is 29.5 Å². The van der Waals surface area contributed by atoms with Crippen molar-refractivity contribution in [2.75, 3.05) is 0 Å². The van der Waals surface area contributed by atoms with E-state index in [0.29, 0.717) is 9.67 Å². The smallest absolute Gasteiger partial charge is 0.308 e. The largest absolute Gasteiger partial charge is 0.427 e. The standard InChI is InChI=1S/C11H13IO2/c1-3-11(12)9-4-6-10(7-5-9)14-8(2)13/h4-7,11H,3H2,1-2H3. The van der Waals surface area contributed by atoms with Crippen LogP contribution in [0.5, 0.6) is 5.75 Å². The zero-order chi connectivity index (χ0) is 10.6. The molecule has 0 fully saturated rings. The summed E-state index contributed by atoms with van der Waals surface area (Å²) in [6.45, 7) is 3.55. The van der Waals surface area contributed by atoms with E-state index in [1.165, 1.54) is 12.5 Å². The lowest BCUT2D eigenvalue weighted by molar-refractivity contribution is -0.131. The van der Waals surface area contributed by atoms with Crippen LogP contribution in [0.1, 0.15) is 29.8 Å². The summed E-state index contributed by atoms with van der Waals surface area (Å²) in [5.41, 5.74) is 1.27. The first-order chi connectivity index (χ1) is 6.63. The summed E-state index contributed by atoms with van der Waals surface area (Å²) in [5, 5.41) is 0. The Hall–Kier alpha value is -0.580. The van der Waals surface area contributed by atoms with Crippen molar-refractivity contribution < 1.29 is 9.53 Å². The quantitative estimate of drug-likeness (QED) is 0.370. The number of alkyl halides is 1. The molecular formula is C11H13IO2. The third kappa shape index (κ3) is 3.29. The van der Waals surface area contributed by atoms with Gasteiger partial charge in [0.2, 0.25) is 0 Å². The highest BCUT2D eigenvalue weighted by Gasteiger charge is 2.04. The second kappa shape index (κ2) is 5.34. The summed E-state index contributed by atoms with van der Waals surface area (Å²) in [7, 11) is 0. The normalized spacial score (nSPS) is 12.2. The second-order valence-corrected chi connectivity index (χ2v) is 4.54. The number of esters is 1. The van der Waals surface area contributed by atoms with E-state index < -0.39 is 0 Å². The van der Waals surface area contributed by atoms with Crippen LogP contribution < -0.4 is 4.74 Å². The van der Waals surface area contributed by atoms with Crippen molar-refractivity contribution in [2.45, 2.75) is 24.2 Å². The Morgan fingerprint density at radius 3 is 2.43 bits per heavy atom.